The minimum atomic E-state index is -0.251. The highest BCUT2D eigenvalue weighted by Gasteiger charge is 2.12. The van der Waals surface area contributed by atoms with Crippen molar-refractivity contribution in [3.8, 4) is 5.75 Å². The summed E-state index contributed by atoms with van der Waals surface area (Å²) in [4.78, 5) is 25.0. The molecule has 5 nitrogen and oxygen atoms in total. The number of amides is 2. The van der Waals surface area contributed by atoms with Gasteiger partial charge in [-0.2, -0.15) is 0 Å². The lowest BCUT2D eigenvalue weighted by atomic mass is 10.1. The normalized spacial score (nSPS) is 10.2. The van der Waals surface area contributed by atoms with Crippen LogP contribution in [0.25, 0.3) is 0 Å². The van der Waals surface area contributed by atoms with Gasteiger partial charge in [-0.15, -0.1) is 0 Å². The summed E-state index contributed by atoms with van der Waals surface area (Å²) in [6.45, 7) is 4.39. The Morgan fingerprint density at radius 2 is 1.50 bits per heavy atom. The van der Waals surface area contributed by atoms with Crippen molar-refractivity contribution in [1.82, 2.24) is 0 Å². The summed E-state index contributed by atoms with van der Waals surface area (Å²) < 4.78 is 5.40. The lowest BCUT2D eigenvalue weighted by molar-refractivity contribution is 0.101. The van der Waals surface area contributed by atoms with Crippen molar-refractivity contribution in [2.45, 2.75) is 13.8 Å². The van der Waals surface area contributed by atoms with Gasteiger partial charge in [0.25, 0.3) is 11.8 Å². The second-order valence-electron chi connectivity index (χ2n) is 6.26. The Labute approximate surface area is 164 Å². The third-order valence-corrected chi connectivity index (χ3v) is 4.21. The van der Waals surface area contributed by atoms with Crippen molar-refractivity contribution >= 4 is 23.2 Å². The number of rotatable bonds is 6. The van der Waals surface area contributed by atoms with Gasteiger partial charge in [0.05, 0.1) is 6.61 Å². The molecule has 3 aromatic carbocycles. The molecule has 0 saturated carbocycles. The number of ether oxygens (including phenoxy) is 1. The molecular formula is C23H22N2O3. The van der Waals surface area contributed by atoms with Crippen LogP contribution in [-0.2, 0) is 0 Å². The smallest absolute Gasteiger partial charge is 0.255 e. The van der Waals surface area contributed by atoms with E-state index in [9.17, 15) is 9.59 Å². The van der Waals surface area contributed by atoms with Crippen molar-refractivity contribution in [2.24, 2.45) is 0 Å². The molecule has 3 aromatic rings. The summed E-state index contributed by atoms with van der Waals surface area (Å²) in [6, 6.07) is 21.4. The molecule has 0 spiro atoms. The van der Waals surface area contributed by atoms with Crippen LogP contribution in [0.2, 0.25) is 0 Å². The Kier molecular flexibility index (Phi) is 6.07. The largest absolute Gasteiger partial charge is 0.494 e. The molecule has 0 radical (unpaired) electrons. The Balaban J connectivity index is 1.73. The van der Waals surface area contributed by atoms with Gasteiger partial charge in [0.2, 0.25) is 0 Å². The minimum Gasteiger partial charge on any atom is -0.494 e. The zero-order valence-electron chi connectivity index (χ0n) is 15.9. The fourth-order valence-electron chi connectivity index (χ4n) is 2.69. The Hall–Kier alpha value is -3.60. The fraction of sp³-hybridized carbons (Fsp3) is 0.130. The van der Waals surface area contributed by atoms with E-state index < -0.39 is 0 Å². The molecule has 0 aliphatic carbocycles. The van der Waals surface area contributed by atoms with Crippen LogP contribution in [0.15, 0.2) is 72.8 Å². The molecule has 0 heterocycles. The Morgan fingerprint density at radius 1 is 0.821 bits per heavy atom. The predicted molar refractivity (Wildman–Crippen MR) is 111 cm³/mol. The van der Waals surface area contributed by atoms with E-state index in [0.717, 1.165) is 11.3 Å². The van der Waals surface area contributed by atoms with Crippen LogP contribution < -0.4 is 15.4 Å². The second-order valence-corrected chi connectivity index (χ2v) is 6.26. The summed E-state index contributed by atoms with van der Waals surface area (Å²) in [5.74, 6) is 0.286. The first kappa shape index (κ1) is 19.2. The van der Waals surface area contributed by atoms with Crippen LogP contribution in [0, 0.1) is 6.92 Å². The molecule has 0 aliphatic heterocycles. The lowest BCUT2D eigenvalue weighted by Crippen LogP contribution is -2.15. The first-order valence-corrected chi connectivity index (χ1v) is 9.08. The van der Waals surface area contributed by atoms with Gasteiger partial charge in [-0.3, -0.25) is 9.59 Å². The van der Waals surface area contributed by atoms with Crippen LogP contribution in [-0.4, -0.2) is 18.4 Å². The van der Waals surface area contributed by atoms with E-state index in [1.165, 1.54) is 0 Å². The monoisotopic (exact) mass is 374 g/mol. The third-order valence-electron chi connectivity index (χ3n) is 4.21. The molecule has 5 heteroatoms. The maximum Gasteiger partial charge on any atom is 0.255 e. The zero-order valence-corrected chi connectivity index (χ0v) is 15.9. The minimum absolute atomic E-state index is 0.215. The van der Waals surface area contributed by atoms with Gasteiger partial charge in [-0.05, 0) is 67.9 Å². The molecule has 28 heavy (non-hydrogen) atoms. The van der Waals surface area contributed by atoms with Crippen LogP contribution >= 0.6 is 0 Å². The van der Waals surface area contributed by atoms with Crippen LogP contribution in [0.4, 0.5) is 11.4 Å². The number of carbonyl (C=O) groups excluding carboxylic acids is 2. The predicted octanol–water partition coefficient (Wildman–Crippen LogP) is 4.90. The highest BCUT2D eigenvalue weighted by molar-refractivity contribution is 6.07. The highest BCUT2D eigenvalue weighted by Crippen LogP contribution is 2.20. The average molecular weight is 374 g/mol. The molecule has 0 aromatic heterocycles. The lowest BCUT2D eigenvalue weighted by Gasteiger charge is -2.11. The van der Waals surface area contributed by atoms with Gasteiger partial charge >= 0.3 is 0 Å². The van der Waals surface area contributed by atoms with Crippen molar-refractivity contribution in [3.05, 3.63) is 89.5 Å². The molecule has 0 saturated heterocycles. The van der Waals surface area contributed by atoms with Gasteiger partial charge < -0.3 is 15.4 Å². The van der Waals surface area contributed by atoms with Crippen LogP contribution in [0.5, 0.6) is 5.75 Å². The van der Waals surface area contributed by atoms with E-state index in [1.807, 2.05) is 38.1 Å². The van der Waals surface area contributed by atoms with Crippen LogP contribution in [0.1, 0.15) is 33.2 Å². The topological polar surface area (TPSA) is 67.4 Å². The van der Waals surface area contributed by atoms with E-state index in [0.29, 0.717) is 29.1 Å². The number of hydrogen-bond acceptors (Lipinski definition) is 3. The molecule has 2 N–H and O–H groups in total. The first-order chi connectivity index (χ1) is 13.6. The summed E-state index contributed by atoms with van der Waals surface area (Å²) in [5, 5.41) is 5.72. The number of aryl methyl sites for hydroxylation is 1. The van der Waals surface area contributed by atoms with Gasteiger partial charge in [0.15, 0.2) is 0 Å². The number of nitrogens with one attached hydrogen (secondary N) is 2. The Morgan fingerprint density at radius 3 is 2.18 bits per heavy atom. The molecule has 0 bridgehead atoms. The molecular weight excluding hydrogens is 352 g/mol. The standard InChI is InChI=1S/C23H22N2O3/c1-3-28-20-13-11-19(12-14-20)24-23(27)18-10-9-16(2)21(15-18)25-22(26)17-7-5-4-6-8-17/h4-15H,3H2,1-2H3,(H,24,27)(H,25,26). The van der Waals surface area contributed by atoms with Crippen molar-refractivity contribution < 1.29 is 14.3 Å². The first-order valence-electron chi connectivity index (χ1n) is 9.08. The van der Waals surface area contributed by atoms with E-state index >= 15 is 0 Å². The maximum absolute atomic E-state index is 12.6. The summed E-state index contributed by atoms with van der Waals surface area (Å²) in [6.07, 6.45) is 0. The molecule has 0 unspecified atom stereocenters. The van der Waals surface area contributed by atoms with E-state index in [4.69, 9.17) is 4.74 Å². The third kappa shape index (κ3) is 4.76. The number of carbonyl (C=O) groups is 2. The number of benzene rings is 3. The van der Waals surface area contributed by atoms with Crippen LogP contribution in [0.3, 0.4) is 0 Å². The zero-order chi connectivity index (χ0) is 19.9. The molecule has 0 atom stereocenters. The van der Waals surface area contributed by atoms with E-state index in [-0.39, 0.29) is 11.8 Å². The van der Waals surface area contributed by atoms with Gasteiger partial charge in [0.1, 0.15) is 5.75 Å². The molecule has 2 amide bonds. The molecule has 0 fully saturated rings. The van der Waals surface area contributed by atoms with Crippen molar-refractivity contribution in [2.75, 3.05) is 17.2 Å². The van der Waals surface area contributed by atoms with Gasteiger partial charge in [0, 0.05) is 22.5 Å². The summed E-state index contributed by atoms with van der Waals surface area (Å²) in [5.41, 5.74) is 3.17. The number of hydrogen-bond donors (Lipinski definition) is 2. The van der Waals surface area contributed by atoms with E-state index in [1.54, 1.807) is 48.5 Å². The fourth-order valence-corrected chi connectivity index (χ4v) is 2.69. The Bertz CT molecular complexity index is 967. The summed E-state index contributed by atoms with van der Waals surface area (Å²) in [7, 11) is 0. The highest BCUT2D eigenvalue weighted by atomic mass is 16.5. The maximum atomic E-state index is 12.6. The number of anilines is 2. The average Bonchev–Trinajstić information content (AvgIpc) is 2.72. The van der Waals surface area contributed by atoms with Crippen molar-refractivity contribution in [3.63, 3.8) is 0 Å². The van der Waals surface area contributed by atoms with E-state index in [2.05, 4.69) is 10.6 Å². The van der Waals surface area contributed by atoms with Crippen molar-refractivity contribution in [1.29, 1.82) is 0 Å². The SMILES string of the molecule is CCOc1ccc(NC(=O)c2ccc(C)c(NC(=O)c3ccccc3)c2)cc1. The summed E-state index contributed by atoms with van der Waals surface area (Å²) >= 11 is 0. The quantitative estimate of drug-likeness (QED) is 0.645. The van der Waals surface area contributed by atoms with Gasteiger partial charge in [-0.1, -0.05) is 24.3 Å². The second kappa shape index (κ2) is 8.86. The molecule has 142 valence electrons. The molecule has 3 rings (SSSR count). The molecule has 0 aliphatic rings. The van der Waals surface area contributed by atoms with Gasteiger partial charge in [-0.25, -0.2) is 0 Å².